The first-order valence-corrected chi connectivity index (χ1v) is 7.44. The first kappa shape index (κ1) is 14.2. The molecular formula is C14H19BrN2O2. The van der Waals surface area contributed by atoms with Crippen LogP contribution in [0.4, 0.5) is 0 Å². The molecule has 3 N–H and O–H groups in total. The van der Waals surface area contributed by atoms with Crippen molar-refractivity contribution in [3.8, 4) is 5.75 Å². The monoisotopic (exact) mass is 326 g/mol. The molecule has 0 unspecified atom stereocenters. The van der Waals surface area contributed by atoms with Gasteiger partial charge in [0.15, 0.2) is 5.84 Å². The van der Waals surface area contributed by atoms with Gasteiger partial charge < -0.3 is 15.7 Å². The Kier molecular flexibility index (Phi) is 5.07. The molecule has 0 aromatic heterocycles. The fraction of sp³-hybridized carbons (Fsp3) is 0.500. The lowest BCUT2D eigenvalue weighted by atomic mass is 10.1. The third-order valence-electron chi connectivity index (χ3n) is 3.44. The molecule has 0 atom stereocenters. The Balaban J connectivity index is 2.21. The summed E-state index contributed by atoms with van der Waals surface area (Å²) >= 11 is 3.42. The van der Waals surface area contributed by atoms with E-state index in [4.69, 9.17) is 15.7 Å². The standard InChI is InChI=1S/C14H19BrN2O2/c15-11-8-5-9-12(13(11)14(16)17-18)19-10-6-3-1-2-4-7-10/h5,8-10,18H,1-4,6-7H2,(H2,16,17). The number of benzene rings is 1. The zero-order valence-corrected chi connectivity index (χ0v) is 12.4. The van der Waals surface area contributed by atoms with Crippen molar-refractivity contribution in [2.45, 2.75) is 44.6 Å². The van der Waals surface area contributed by atoms with Crippen LogP contribution in [0.1, 0.15) is 44.1 Å². The molecule has 5 heteroatoms. The van der Waals surface area contributed by atoms with Crippen molar-refractivity contribution < 1.29 is 9.94 Å². The summed E-state index contributed by atoms with van der Waals surface area (Å²) in [7, 11) is 0. The summed E-state index contributed by atoms with van der Waals surface area (Å²) in [6.45, 7) is 0. The maximum Gasteiger partial charge on any atom is 0.174 e. The van der Waals surface area contributed by atoms with Crippen LogP contribution in [-0.2, 0) is 0 Å². The topological polar surface area (TPSA) is 67.8 Å². The molecule has 2 rings (SSSR count). The van der Waals surface area contributed by atoms with Crippen molar-refractivity contribution >= 4 is 21.8 Å². The SMILES string of the molecule is N/C(=N/O)c1c(Br)cccc1OC1CCCCCC1. The summed E-state index contributed by atoms with van der Waals surface area (Å²) in [6.07, 6.45) is 7.35. The maximum atomic E-state index is 8.87. The fourth-order valence-corrected chi connectivity index (χ4v) is 2.99. The molecule has 1 saturated carbocycles. The Labute approximate surface area is 121 Å². The lowest BCUT2D eigenvalue weighted by Crippen LogP contribution is -2.20. The van der Waals surface area contributed by atoms with Crippen LogP contribution >= 0.6 is 15.9 Å². The molecule has 19 heavy (non-hydrogen) atoms. The summed E-state index contributed by atoms with van der Waals surface area (Å²) in [4.78, 5) is 0. The number of halogens is 1. The molecule has 1 aromatic carbocycles. The number of amidine groups is 1. The van der Waals surface area contributed by atoms with Gasteiger partial charge in [0, 0.05) is 4.47 Å². The van der Waals surface area contributed by atoms with E-state index in [-0.39, 0.29) is 11.9 Å². The second kappa shape index (κ2) is 6.80. The molecule has 104 valence electrons. The average Bonchev–Trinajstić information content (AvgIpc) is 2.67. The van der Waals surface area contributed by atoms with E-state index in [1.54, 1.807) is 0 Å². The number of nitrogens with zero attached hydrogens (tertiary/aromatic N) is 1. The highest BCUT2D eigenvalue weighted by atomic mass is 79.9. The van der Waals surface area contributed by atoms with Crippen molar-refractivity contribution in [2.24, 2.45) is 10.9 Å². The van der Waals surface area contributed by atoms with Gasteiger partial charge >= 0.3 is 0 Å². The molecule has 1 fully saturated rings. The maximum absolute atomic E-state index is 8.87. The van der Waals surface area contributed by atoms with E-state index in [2.05, 4.69) is 21.1 Å². The largest absolute Gasteiger partial charge is 0.490 e. The molecule has 4 nitrogen and oxygen atoms in total. The van der Waals surface area contributed by atoms with Crippen LogP contribution in [-0.4, -0.2) is 17.1 Å². The van der Waals surface area contributed by atoms with Crippen LogP contribution in [0.25, 0.3) is 0 Å². The Hall–Kier alpha value is -1.23. The van der Waals surface area contributed by atoms with Gasteiger partial charge in [-0.3, -0.25) is 0 Å². The van der Waals surface area contributed by atoms with Gasteiger partial charge in [0.1, 0.15) is 5.75 Å². The Morgan fingerprint density at radius 2 is 1.95 bits per heavy atom. The van der Waals surface area contributed by atoms with Crippen molar-refractivity contribution in [1.82, 2.24) is 0 Å². The number of ether oxygens (including phenoxy) is 1. The number of hydrogen-bond acceptors (Lipinski definition) is 3. The van der Waals surface area contributed by atoms with Crippen molar-refractivity contribution in [1.29, 1.82) is 0 Å². The van der Waals surface area contributed by atoms with E-state index >= 15 is 0 Å². The molecule has 1 aromatic rings. The van der Waals surface area contributed by atoms with Crippen LogP contribution in [0.3, 0.4) is 0 Å². The van der Waals surface area contributed by atoms with Gasteiger partial charge in [-0.05, 0) is 53.7 Å². The molecule has 0 bridgehead atoms. The van der Waals surface area contributed by atoms with E-state index in [0.29, 0.717) is 11.3 Å². The van der Waals surface area contributed by atoms with E-state index in [0.717, 1.165) is 17.3 Å². The van der Waals surface area contributed by atoms with E-state index < -0.39 is 0 Å². The second-order valence-corrected chi connectivity index (χ2v) is 5.68. The van der Waals surface area contributed by atoms with E-state index in [9.17, 15) is 0 Å². The van der Waals surface area contributed by atoms with Crippen molar-refractivity contribution in [3.63, 3.8) is 0 Å². The predicted octanol–water partition coefficient (Wildman–Crippen LogP) is 3.65. The van der Waals surface area contributed by atoms with Crippen molar-refractivity contribution in [2.75, 3.05) is 0 Å². The molecule has 1 aliphatic rings. The minimum absolute atomic E-state index is 0.0658. The van der Waals surface area contributed by atoms with Gasteiger partial charge in [-0.2, -0.15) is 0 Å². The molecule has 0 amide bonds. The molecule has 0 spiro atoms. The first-order chi connectivity index (χ1) is 9.22. The normalized spacial score (nSPS) is 18.1. The molecule has 0 radical (unpaired) electrons. The number of nitrogens with two attached hydrogens (primary N) is 1. The average molecular weight is 327 g/mol. The first-order valence-electron chi connectivity index (χ1n) is 6.65. The smallest absolute Gasteiger partial charge is 0.174 e. The molecule has 0 heterocycles. The van der Waals surface area contributed by atoms with Gasteiger partial charge in [0.25, 0.3) is 0 Å². The molecule has 0 saturated heterocycles. The summed E-state index contributed by atoms with van der Waals surface area (Å²) in [5, 5.41) is 12.0. The summed E-state index contributed by atoms with van der Waals surface area (Å²) in [6, 6.07) is 5.61. The van der Waals surface area contributed by atoms with Crippen LogP contribution in [0.2, 0.25) is 0 Å². The van der Waals surface area contributed by atoms with Crippen LogP contribution < -0.4 is 10.5 Å². The van der Waals surface area contributed by atoms with E-state index in [1.165, 1.54) is 25.7 Å². The fourth-order valence-electron chi connectivity index (χ4n) is 2.44. The van der Waals surface area contributed by atoms with E-state index in [1.807, 2.05) is 18.2 Å². The molecular weight excluding hydrogens is 308 g/mol. The second-order valence-electron chi connectivity index (χ2n) is 4.83. The summed E-state index contributed by atoms with van der Waals surface area (Å²) < 4.78 is 6.84. The zero-order valence-electron chi connectivity index (χ0n) is 10.8. The lowest BCUT2D eigenvalue weighted by Gasteiger charge is -2.19. The number of rotatable bonds is 3. The Morgan fingerprint density at radius 1 is 1.26 bits per heavy atom. The molecule has 1 aliphatic carbocycles. The number of hydrogen-bond donors (Lipinski definition) is 2. The minimum Gasteiger partial charge on any atom is -0.490 e. The third kappa shape index (κ3) is 3.62. The third-order valence-corrected chi connectivity index (χ3v) is 4.10. The van der Waals surface area contributed by atoms with Gasteiger partial charge in [0.2, 0.25) is 0 Å². The molecule has 0 aliphatic heterocycles. The van der Waals surface area contributed by atoms with Gasteiger partial charge in [-0.15, -0.1) is 0 Å². The van der Waals surface area contributed by atoms with Crippen LogP contribution in [0, 0.1) is 0 Å². The summed E-state index contributed by atoms with van der Waals surface area (Å²) in [5.74, 6) is 0.743. The van der Waals surface area contributed by atoms with Crippen molar-refractivity contribution in [3.05, 3.63) is 28.2 Å². The van der Waals surface area contributed by atoms with Gasteiger partial charge in [-0.25, -0.2) is 0 Å². The Bertz CT molecular complexity index is 455. The quantitative estimate of drug-likeness (QED) is 0.293. The van der Waals surface area contributed by atoms with Crippen LogP contribution in [0.5, 0.6) is 5.75 Å². The highest BCUT2D eigenvalue weighted by Crippen LogP contribution is 2.30. The Morgan fingerprint density at radius 3 is 2.58 bits per heavy atom. The minimum atomic E-state index is 0.0658. The van der Waals surface area contributed by atoms with Crippen LogP contribution in [0.15, 0.2) is 27.8 Å². The summed E-state index contributed by atoms with van der Waals surface area (Å²) in [5.41, 5.74) is 6.34. The van der Waals surface area contributed by atoms with Gasteiger partial charge in [0.05, 0.1) is 11.7 Å². The zero-order chi connectivity index (χ0) is 13.7. The highest BCUT2D eigenvalue weighted by Gasteiger charge is 2.18. The van der Waals surface area contributed by atoms with Gasteiger partial charge in [-0.1, -0.05) is 24.1 Å². The number of oxime groups is 1. The predicted molar refractivity (Wildman–Crippen MR) is 78.8 cm³/mol. The lowest BCUT2D eigenvalue weighted by molar-refractivity contribution is 0.183. The highest BCUT2D eigenvalue weighted by molar-refractivity contribution is 9.10.